The molecular weight excluding hydrogens is 388 g/mol. The maximum atomic E-state index is 12.8. The summed E-state index contributed by atoms with van der Waals surface area (Å²) in [6, 6.07) is 21.5. The van der Waals surface area contributed by atoms with E-state index < -0.39 is 0 Å². The van der Waals surface area contributed by atoms with Crippen molar-refractivity contribution in [3.8, 4) is 5.69 Å². The Kier molecular flexibility index (Phi) is 6.33. The molecule has 158 valence electrons. The summed E-state index contributed by atoms with van der Waals surface area (Å²) in [6.07, 6.45) is 2.57. The zero-order valence-corrected chi connectivity index (χ0v) is 17.8. The molecule has 2 aromatic carbocycles. The number of nitrogens with one attached hydrogen (secondary N) is 1. The second-order valence-corrected chi connectivity index (χ2v) is 7.66. The van der Waals surface area contributed by atoms with E-state index in [1.54, 1.807) is 10.9 Å². The summed E-state index contributed by atoms with van der Waals surface area (Å²) in [5.74, 6) is -0.0758. The minimum atomic E-state index is -0.0758. The molecule has 0 spiro atoms. The minimum Gasteiger partial charge on any atom is -0.348 e. The highest BCUT2D eigenvalue weighted by Crippen LogP contribution is 2.15. The Morgan fingerprint density at radius 1 is 1.06 bits per heavy atom. The van der Waals surface area contributed by atoms with Crippen LogP contribution in [-0.2, 0) is 6.54 Å². The molecule has 7 nitrogen and oxygen atoms in total. The average molecular weight is 415 g/mol. The van der Waals surface area contributed by atoms with Gasteiger partial charge < -0.3 is 10.2 Å². The van der Waals surface area contributed by atoms with E-state index in [0.29, 0.717) is 11.2 Å². The third-order valence-corrected chi connectivity index (χ3v) is 5.24. The molecule has 0 radical (unpaired) electrons. The quantitative estimate of drug-likeness (QED) is 0.478. The van der Waals surface area contributed by atoms with Crippen molar-refractivity contribution in [2.24, 2.45) is 0 Å². The molecule has 4 aromatic rings. The first kappa shape index (κ1) is 20.7. The van der Waals surface area contributed by atoms with Gasteiger partial charge in [0, 0.05) is 30.9 Å². The normalized spacial score (nSPS) is 12.2. The maximum absolute atomic E-state index is 12.8. The molecule has 2 heterocycles. The number of hydrogen-bond acceptors (Lipinski definition) is 5. The van der Waals surface area contributed by atoms with Crippen LogP contribution in [0.3, 0.4) is 0 Å². The number of benzene rings is 2. The Morgan fingerprint density at radius 3 is 2.58 bits per heavy atom. The van der Waals surface area contributed by atoms with Crippen molar-refractivity contribution in [1.82, 2.24) is 30.2 Å². The number of likely N-dealkylation sites (N-methyl/N-ethyl adjacent to an activating group) is 1. The number of aromatic nitrogens is 4. The van der Waals surface area contributed by atoms with E-state index in [1.807, 2.05) is 54.6 Å². The number of pyridine rings is 1. The van der Waals surface area contributed by atoms with Crippen molar-refractivity contribution < 1.29 is 4.79 Å². The van der Waals surface area contributed by atoms with Crippen molar-refractivity contribution in [2.75, 3.05) is 13.6 Å². The van der Waals surface area contributed by atoms with E-state index in [0.717, 1.165) is 30.7 Å². The molecular formula is C24H26N6O. The first-order valence-electron chi connectivity index (χ1n) is 10.4. The lowest BCUT2D eigenvalue weighted by atomic mass is 10.1. The molecule has 1 amide bonds. The Hall–Kier alpha value is -3.58. The Labute approximate surface area is 181 Å². The van der Waals surface area contributed by atoms with Gasteiger partial charge in [-0.15, -0.1) is 5.10 Å². The van der Waals surface area contributed by atoms with Gasteiger partial charge in [0.15, 0.2) is 5.65 Å². The number of carbonyl (C=O) groups excluding carboxylic acids is 1. The molecule has 0 aliphatic rings. The highest BCUT2D eigenvalue weighted by molar-refractivity contribution is 5.94. The molecule has 0 saturated carbocycles. The van der Waals surface area contributed by atoms with E-state index in [9.17, 15) is 4.79 Å². The van der Waals surface area contributed by atoms with Crippen LogP contribution in [0.5, 0.6) is 0 Å². The van der Waals surface area contributed by atoms with Crippen LogP contribution in [-0.4, -0.2) is 50.4 Å². The highest BCUT2D eigenvalue weighted by atomic mass is 16.1. The van der Waals surface area contributed by atoms with Crippen molar-refractivity contribution in [2.45, 2.75) is 25.9 Å². The maximum Gasteiger partial charge on any atom is 0.251 e. The van der Waals surface area contributed by atoms with Crippen LogP contribution in [0.2, 0.25) is 0 Å². The van der Waals surface area contributed by atoms with Crippen molar-refractivity contribution >= 4 is 17.1 Å². The van der Waals surface area contributed by atoms with Gasteiger partial charge in [-0.2, -0.15) is 4.68 Å². The molecule has 4 rings (SSSR count). The van der Waals surface area contributed by atoms with Crippen molar-refractivity contribution in [1.29, 1.82) is 0 Å². The largest absolute Gasteiger partial charge is 0.348 e. The number of hydrogen-bond donors (Lipinski definition) is 1. The Bertz CT molecular complexity index is 1140. The van der Waals surface area contributed by atoms with Gasteiger partial charge in [-0.25, -0.2) is 4.98 Å². The predicted octanol–water partition coefficient (Wildman–Crippen LogP) is 3.46. The zero-order valence-electron chi connectivity index (χ0n) is 17.8. The first-order chi connectivity index (χ1) is 15.1. The molecule has 0 aliphatic carbocycles. The van der Waals surface area contributed by atoms with Gasteiger partial charge in [0.1, 0.15) is 5.52 Å². The number of rotatable bonds is 8. The van der Waals surface area contributed by atoms with Gasteiger partial charge in [0.25, 0.3) is 5.91 Å². The molecule has 0 saturated heterocycles. The number of fused-ring (bicyclic) bond motifs is 1. The minimum absolute atomic E-state index is 0.0735. The summed E-state index contributed by atoms with van der Waals surface area (Å²) < 4.78 is 1.67. The van der Waals surface area contributed by atoms with Gasteiger partial charge in [-0.1, -0.05) is 42.5 Å². The fourth-order valence-corrected chi connectivity index (χ4v) is 3.57. The van der Waals surface area contributed by atoms with E-state index >= 15 is 0 Å². The molecule has 1 atom stereocenters. The second kappa shape index (κ2) is 9.49. The van der Waals surface area contributed by atoms with Crippen LogP contribution < -0.4 is 5.32 Å². The van der Waals surface area contributed by atoms with Crippen LogP contribution in [0, 0.1) is 0 Å². The number of carbonyl (C=O) groups is 1. The second-order valence-electron chi connectivity index (χ2n) is 7.66. The monoisotopic (exact) mass is 414 g/mol. The number of amides is 1. The van der Waals surface area contributed by atoms with Crippen LogP contribution in [0.1, 0.15) is 29.3 Å². The van der Waals surface area contributed by atoms with Crippen molar-refractivity contribution in [3.05, 3.63) is 84.1 Å². The van der Waals surface area contributed by atoms with Crippen LogP contribution in [0.4, 0.5) is 0 Å². The lowest BCUT2D eigenvalue weighted by molar-refractivity contribution is 0.0926. The zero-order chi connectivity index (χ0) is 21.6. The Morgan fingerprint density at radius 2 is 1.84 bits per heavy atom. The van der Waals surface area contributed by atoms with E-state index in [1.165, 1.54) is 5.56 Å². The van der Waals surface area contributed by atoms with E-state index in [-0.39, 0.29) is 11.9 Å². The van der Waals surface area contributed by atoms with Crippen LogP contribution in [0.25, 0.3) is 16.9 Å². The molecule has 0 bridgehead atoms. The smallest absolute Gasteiger partial charge is 0.251 e. The Balaban J connectivity index is 1.39. The lowest BCUT2D eigenvalue weighted by Gasteiger charge is -2.24. The fraction of sp³-hybridized carbons (Fsp3) is 0.250. The standard InChI is InChI=1S/C24H26N6O/c1-3-20(17-29(2)16-18-8-5-4-6-9-18)26-24(31)19-11-13-21(14-12-19)30-23-22(27-28-30)10-7-15-25-23/h4-15,20H,3,16-17H2,1-2H3,(H,26,31)/t20-/m0/s1. The molecule has 31 heavy (non-hydrogen) atoms. The fourth-order valence-electron chi connectivity index (χ4n) is 3.57. The molecule has 0 fully saturated rings. The summed E-state index contributed by atoms with van der Waals surface area (Å²) in [5, 5.41) is 11.4. The lowest BCUT2D eigenvalue weighted by Crippen LogP contribution is -2.42. The summed E-state index contributed by atoms with van der Waals surface area (Å²) in [6.45, 7) is 3.72. The van der Waals surface area contributed by atoms with E-state index in [2.05, 4.69) is 51.6 Å². The average Bonchev–Trinajstić information content (AvgIpc) is 3.23. The molecule has 7 heteroatoms. The molecule has 0 aliphatic heterocycles. The SMILES string of the molecule is CC[C@@H](CN(C)Cc1ccccc1)NC(=O)c1ccc(-n2nnc3cccnc32)cc1. The van der Waals surface area contributed by atoms with Crippen LogP contribution in [0.15, 0.2) is 72.9 Å². The van der Waals surface area contributed by atoms with Gasteiger partial charge in [0.2, 0.25) is 0 Å². The summed E-state index contributed by atoms with van der Waals surface area (Å²) in [4.78, 5) is 19.4. The third kappa shape index (κ3) is 4.95. The van der Waals surface area contributed by atoms with Gasteiger partial charge in [-0.05, 0) is 55.4 Å². The topological polar surface area (TPSA) is 75.9 Å². The number of nitrogens with zero attached hydrogens (tertiary/aromatic N) is 5. The highest BCUT2D eigenvalue weighted by Gasteiger charge is 2.15. The summed E-state index contributed by atoms with van der Waals surface area (Å²) in [5.41, 5.74) is 4.11. The molecule has 0 unspecified atom stereocenters. The van der Waals surface area contributed by atoms with Gasteiger partial charge in [-0.3, -0.25) is 4.79 Å². The molecule has 1 N–H and O–H groups in total. The van der Waals surface area contributed by atoms with Gasteiger partial charge >= 0.3 is 0 Å². The van der Waals surface area contributed by atoms with E-state index in [4.69, 9.17) is 0 Å². The summed E-state index contributed by atoms with van der Waals surface area (Å²) >= 11 is 0. The summed E-state index contributed by atoms with van der Waals surface area (Å²) in [7, 11) is 2.08. The van der Waals surface area contributed by atoms with Crippen LogP contribution >= 0.6 is 0 Å². The third-order valence-electron chi connectivity index (χ3n) is 5.24. The van der Waals surface area contributed by atoms with Gasteiger partial charge in [0.05, 0.1) is 5.69 Å². The van der Waals surface area contributed by atoms with Crippen molar-refractivity contribution in [3.63, 3.8) is 0 Å². The molecule has 2 aromatic heterocycles. The predicted molar refractivity (Wildman–Crippen MR) is 121 cm³/mol. The first-order valence-corrected chi connectivity index (χ1v) is 10.4.